The highest BCUT2D eigenvalue weighted by atomic mass is 16.2. The number of carbonyl (C=O) groups is 2. The molecule has 1 fully saturated rings. The van der Waals surface area contributed by atoms with Gasteiger partial charge in [0.05, 0.1) is 6.04 Å². The fourth-order valence-electron chi connectivity index (χ4n) is 2.83. The van der Waals surface area contributed by atoms with Gasteiger partial charge in [0.1, 0.15) is 0 Å². The second-order valence-corrected chi connectivity index (χ2v) is 5.31. The van der Waals surface area contributed by atoms with Crippen LogP contribution in [-0.4, -0.2) is 16.7 Å². The van der Waals surface area contributed by atoms with E-state index in [0.29, 0.717) is 12.8 Å². The fourth-order valence-corrected chi connectivity index (χ4v) is 2.83. The summed E-state index contributed by atoms with van der Waals surface area (Å²) in [5.41, 5.74) is 1.01. The Morgan fingerprint density at radius 1 is 1.16 bits per heavy atom. The van der Waals surface area contributed by atoms with Gasteiger partial charge in [0, 0.05) is 12.8 Å². The van der Waals surface area contributed by atoms with Crippen molar-refractivity contribution in [3.8, 4) is 0 Å². The van der Waals surface area contributed by atoms with Gasteiger partial charge in [0.2, 0.25) is 11.8 Å². The lowest BCUT2D eigenvalue weighted by Crippen LogP contribution is -2.44. The molecule has 0 aromatic heterocycles. The Hall–Kier alpha value is -1.64. The Balaban J connectivity index is 2.13. The van der Waals surface area contributed by atoms with E-state index in [1.54, 1.807) is 0 Å². The highest BCUT2D eigenvalue weighted by Gasteiger charge is 2.35. The molecule has 0 saturated carbocycles. The second kappa shape index (κ2) is 6.00. The van der Waals surface area contributed by atoms with Gasteiger partial charge in [-0.05, 0) is 24.8 Å². The van der Waals surface area contributed by atoms with Crippen molar-refractivity contribution in [3.63, 3.8) is 0 Å². The molecule has 19 heavy (non-hydrogen) atoms. The summed E-state index contributed by atoms with van der Waals surface area (Å²) in [6.07, 6.45) is 3.01. The largest absolute Gasteiger partial charge is 0.275 e. The summed E-state index contributed by atoms with van der Waals surface area (Å²) in [5, 5.41) is 0. The molecule has 102 valence electrons. The van der Waals surface area contributed by atoms with Crippen LogP contribution in [0, 0.1) is 5.92 Å². The Labute approximate surface area is 114 Å². The molecule has 1 aromatic rings. The molecule has 2 rings (SSSR count). The average molecular weight is 259 g/mol. The number of hydrogen-bond donors (Lipinski definition) is 0. The molecule has 2 amide bonds. The first-order valence-corrected chi connectivity index (χ1v) is 7.03. The van der Waals surface area contributed by atoms with E-state index in [0.717, 1.165) is 18.4 Å². The van der Waals surface area contributed by atoms with Crippen molar-refractivity contribution in [2.75, 3.05) is 0 Å². The van der Waals surface area contributed by atoms with Crippen molar-refractivity contribution in [1.29, 1.82) is 0 Å². The number of benzene rings is 1. The lowest BCUT2D eigenvalue weighted by molar-refractivity contribution is -0.152. The quantitative estimate of drug-likeness (QED) is 0.778. The Bertz CT molecular complexity index is 437. The molecule has 1 aliphatic rings. The highest BCUT2D eigenvalue weighted by Crippen LogP contribution is 2.30. The van der Waals surface area contributed by atoms with Crippen LogP contribution >= 0.6 is 0 Å². The monoisotopic (exact) mass is 259 g/mol. The van der Waals surface area contributed by atoms with Crippen molar-refractivity contribution in [2.24, 2.45) is 5.92 Å². The van der Waals surface area contributed by atoms with E-state index in [2.05, 4.69) is 6.92 Å². The van der Waals surface area contributed by atoms with Crippen LogP contribution in [0.1, 0.15) is 51.1 Å². The van der Waals surface area contributed by atoms with Gasteiger partial charge in [-0.1, -0.05) is 43.7 Å². The molecule has 0 aliphatic carbocycles. The minimum Gasteiger partial charge on any atom is -0.275 e. The van der Waals surface area contributed by atoms with Gasteiger partial charge < -0.3 is 0 Å². The van der Waals surface area contributed by atoms with Gasteiger partial charge in [0.25, 0.3) is 0 Å². The average Bonchev–Trinajstić information content (AvgIpc) is 2.39. The molecule has 1 heterocycles. The van der Waals surface area contributed by atoms with Gasteiger partial charge in [-0.2, -0.15) is 0 Å². The Kier molecular flexibility index (Phi) is 4.35. The molecule has 0 bridgehead atoms. The molecule has 1 aliphatic heterocycles. The van der Waals surface area contributed by atoms with E-state index >= 15 is 0 Å². The van der Waals surface area contributed by atoms with Crippen molar-refractivity contribution in [3.05, 3.63) is 35.9 Å². The van der Waals surface area contributed by atoms with Crippen LogP contribution in [0.4, 0.5) is 0 Å². The van der Waals surface area contributed by atoms with E-state index in [9.17, 15) is 9.59 Å². The van der Waals surface area contributed by atoms with Crippen LogP contribution in [0.25, 0.3) is 0 Å². The zero-order valence-electron chi connectivity index (χ0n) is 11.6. The van der Waals surface area contributed by atoms with E-state index in [1.807, 2.05) is 37.3 Å². The first kappa shape index (κ1) is 13.8. The van der Waals surface area contributed by atoms with Crippen LogP contribution in [0.15, 0.2) is 30.3 Å². The van der Waals surface area contributed by atoms with E-state index < -0.39 is 0 Å². The highest BCUT2D eigenvalue weighted by molar-refractivity contribution is 5.98. The molecule has 0 N–H and O–H groups in total. The number of amides is 2. The number of nitrogens with zero attached hydrogens (tertiary/aromatic N) is 1. The van der Waals surface area contributed by atoms with E-state index in [-0.39, 0.29) is 23.8 Å². The summed E-state index contributed by atoms with van der Waals surface area (Å²) < 4.78 is 0. The molecule has 3 nitrogen and oxygen atoms in total. The molecule has 0 radical (unpaired) electrons. The molecule has 0 spiro atoms. The van der Waals surface area contributed by atoms with Crippen LogP contribution < -0.4 is 0 Å². The molecule has 3 heteroatoms. The molecule has 0 unspecified atom stereocenters. The maximum absolute atomic E-state index is 12.2. The van der Waals surface area contributed by atoms with Crippen molar-refractivity contribution >= 4 is 11.8 Å². The SMILES string of the molecule is CCCC1CC(=O)N([C@H](C)c2ccccc2)C(=O)C1. The number of hydrogen-bond acceptors (Lipinski definition) is 2. The summed E-state index contributed by atoms with van der Waals surface area (Å²) in [4.78, 5) is 25.9. The summed E-state index contributed by atoms with van der Waals surface area (Å²) >= 11 is 0. The fraction of sp³-hybridized carbons (Fsp3) is 0.500. The maximum atomic E-state index is 12.2. The molecule has 1 saturated heterocycles. The number of imide groups is 1. The molecule has 1 aromatic carbocycles. The second-order valence-electron chi connectivity index (χ2n) is 5.31. The molecular formula is C16H21NO2. The van der Waals surface area contributed by atoms with Crippen LogP contribution in [0.5, 0.6) is 0 Å². The predicted octanol–water partition coefficient (Wildman–Crippen LogP) is 3.31. The smallest absolute Gasteiger partial charge is 0.230 e. The lowest BCUT2D eigenvalue weighted by Gasteiger charge is -2.34. The third-order valence-corrected chi connectivity index (χ3v) is 3.83. The van der Waals surface area contributed by atoms with Crippen LogP contribution in [-0.2, 0) is 9.59 Å². The zero-order chi connectivity index (χ0) is 13.8. The summed E-state index contributed by atoms with van der Waals surface area (Å²) in [6.45, 7) is 4.01. The minimum absolute atomic E-state index is 0.0222. The first-order valence-electron chi connectivity index (χ1n) is 7.03. The maximum Gasteiger partial charge on any atom is 0.230 e. The number of rotatable bonds is 4. The summed E-state index contributed by atoms with van der Waals surface area (Å²) in [5.74, 6) is 0.196. The third kappa shape index (κ3) is 3.03. The number of carbonyl (C=O) groups excluding carboxylic acids is 2. The van der Waals surface area contributed by atoms with E-state index in [4.69, 9.17) is 0 Å². The standard InChI is InChI=1S/C16H21NO2/c1-3-7-13-10-15(18)17(16(19)11-13)12(2)14-8-5-4-6-9-14/h4-6,8-9,12-13H,3,7,10-11H2,1-2H3/t12-/m1/s1. The van der Waals surface area contributed by atoms with Gasteiger partial charge in [-0.3, -0.25) is 14.5 Å². The lowest BCUT2D eigenvalue weighted by atomic mass is 9.90. The van der Waals surface area contributed by atoms with Crippen molar-refractivity contribution < 1.29 is 9.59 Å². The van der Waals surface area contributed by atoms with Crippen molar-refractivity contribution in [2.45, 2.75) is 45.6 Å². The normalized spacial score (nSPS) is 18.7. The zero-order valence-corrected chi connectivity index (χ0v) is 11.6. The van der Waals surface area contributed by atoms with Gasteiger partial charge in [-0.15, -0.1) is 0 Å². The van der Waals surface area contributed by atoms with Gasteiger partial charge >= 0.3 is 0 Å². The number of piperidine rings is 1. The van der Waals surface area contributed by atoms with Crippen LogP contribution in [0.3, 0.4) is 0 Å². The molecule has 1 atom stereocenters. The Morgan fingerprint density at radius 3 is 2.26 bits per heavy atom. The summed E-state index contributed by atoms with van der Waals surface area (Å²) in [6, 6.07) is 9.57. The summed E-state index contributed by atoms with van der Waals surface area (Å²) in [7, 11) is 0. The number of likely N-dealkylation sites (tertiary alicyclic amines) is 1. The minimum atomic E-state index is -0.163. The van der Waals surface area contributed by atoms with Crippen molar-refractivity contribution in [1.82, 2.24) is 4.90 Å². The van der Waals surface area contributed by atoms with E-state index in [1.165, 1.54) is 4.90 Å². The predicted molar refractivity (Wildman–Crippen MR) is 74.3 cm³/mol. The molecular weight excluding hydrogens is 238 g/mol. The Morgan fingerprint density at radius 2 is 1.74 bits per heavy atom. The first-order chi connectivity index (χ1) is 9.13. The third-order valence-electron chi connectivity index (χ3n) is 3.83. The van der Waals surface area contributed by atoms with Crippen LogP contribution in [0.2, 0.25) is 0 Å². The van der Waals surface area contributed by atoms with Gasteiger partial charge in [-0.25, -0.2) is 0 Å². The topological polar surface area (TPSA) is 37.4 Å². The van der Waals surface area contributed by atoms with Gasteiger partial charge in [0.15, 0.2) is 0 Å².